The predicted octanol–water partition coefficient (Wildman–Crippen LogP) is 7.69. The van der Waals surface area contributed by atoms with Gasteiger partial charge in [-0.15, -0.1) is 29.7 Å². The first-order valence-electron chi connectivity index (χ1n) is 8.68. The Bertz CT molecular complexity index is 930. The second-order valence-electron chi connectivity index (χ2n) is 5.62. The van der Waals surface area contributed by atoms with Gasteiger partial charge in [-0.25, -0.2) is 0 Å². The van der Waals surface area contributed by atoms with Gasteiger partial charge in [0.15, 0.2) is 0 Å². The fourth-order valence-corrected chi connectivity index (χ4v) is 2.25. The Hall–Kier alpha value is -2.33. The molecule has 0 fully saturated rings. The number of amides is 2. The van der Waals surface area contributed by atoms with Crippen LogP contribution < -0.4 is 0 Å². The molecule has 0 saturated heterocycles. The van der Waals surface area contributed by atoms with E-state index in [0.29, 0.717) is 11.1 Å². The van der Waals surface area contributed by atoms with Gasteiger partial charge in [0.1, 0.15) is 0 Å². The van der Waals surface area contributed by atoms with E-state index >= 15 is 0 Å². The molecule has 154 valence electrons. The number of hydrogen-bond acceptors (Lipinski definition) is 2. The topological polar surface area (TPSA) is 81.7 Å². The molecule has 4 aromatic carbocycles. The maximum absolute atomic E-state index is 10.3. The summed E-state index contributed by atoms with van der Waals surface area (Å²) in [5.74, 6) is -1.26. The normalized spacial score (nSPS) is 8.87. The van der Waals surface area contributed by atoms with Crippen LogP contribution in [0.2, 0.25) is 0 Å². The minimum atomic E-state index is -0.826. The number of fused-ring (bicyclic) bond motifs is 1. The van der Waals surface area contributed by atoms with Crippen LogP contribution in [-0.4, -0.2) is 11.8 Å². The molecular formula is C23H19Cl2N2O2Zr-3. The van der Waals surface area contributed by atoms with E-state index in [0.717, 1.165) is 0 Å². The summed E-state index contributed by atoms with van der Waals surface area (Å²) in [6.07, 6.45) is 0. The van der Waals surface area contributed by atoms with E-state index < -0.39 is 32.7 Å². The summed E-state index contributed by atoms with van der Waals surface area (Å²) < 4.78 is 0. The van der Waals surface area contributed by atoms with E-state index in [2.05, 4.69) is 42.5 Å². The molecule has 4 nitrogen and oxygen atoms in total. The number of carbonyl (C=O) groups is 2. The van der Waals surface area contributed by atoms with Crippen LogP contribution in [0.3, 0.4) is 0 Å². The van der Waals surface area contributed by atoms with Crippen LogP contribution in [-0.2, 0) is 20.8 Å². The molecule has 30 heavy (non-hydrogen) atoms. The van der Waals surface area contributed by atoms with Gasteiger partial charge in [-0.3, -0.25) is 0 Å². The van der Waals surface area contributed by atoms with Crippen LogP contribution in [0.5, 0.6) is 0 Å². The molecule has 0 aliphatic carbocycles. The Labute approximate surface area is 194 Å². The summed E-state index contributed by atoms with van der Waals surface area (Å²) in [5, 5.41) is 2.66. The predicted molar refractivity (Wildman–Crippen MR) is 121 cm³/mol. The van der Waals surface area contributed by atoms with Gasteiger partial charge in [0.2, 0.25) is 0 Å². The molecule has 0 unspecified atom stereocenters. The van der Waals surface area contributed by atoms with Gasteiger partial charge < -0.3 is 21.1 Å². The molecule has 0 saturated carbocycles. The van der Waals surface area contributed by atoms with Crippen LogP contribution in [0, 0.1) is 0 Å². The zero-order valence-corrected chi connectivity index (χ0v) is 19.9. The number of halogens is 2. The molecule has 0 heterocycles. The van der Waals surface area contributed by atoms with Crippen molar-refractivity contribution in [3.05, 3.63) is 126 Å². The van der Waals surface area contributed by atoms with Crippen molar-refractivity contribution in [3.63, 3.8) is 0 Å². The van der Waals surface area contributed by atoms with Crippen molar-refractivity contribution in [2.24, 2.45) is 0 Å². The van der Waals surface area contributed by atoms with Gasteiger partial charge in [-0.05, 0) is 11.1 Å². The van der Waals surface area contributed by atoms with E-state index in [1.807, 2.05) is 12.1 Å². The molecule has 0 aliphatic rings. The molecule has 4 rings (SSSR count). The largest absolute Gasteiger partial charge is 0.664 e. The number of nitrogens with one attached hydrogen (secondary N) is 2. The molecule has 0 spiro atoms. The van der Waals surface area contributed by atoms with Crippen LogP contribution in [0.1, 0.15) is 20.7 Å². The molecule has 0 aliphatic heterocycles. The number of rotatable bonds is 2. The van der Waals surface area contributed by atoms with Gasteiger partial charge in [0.05, 0.1) is 11.8 Å². The third-order valence-electron chi connectivity index (χ3n) is 3.62. The summed E-state index contributed by atoms with van der Waals surface area (Å²) >= 11 is -0.826. The summed E-state index contributed by atoms with van der Waals surface area (Å²) in [4.78, 5) is 20.6. The van der Waals surface area contributed by atoms with E-state index in [1.165, 1.54) is 10.8 Å². The van der Waals surface area contributed by atoms with Gasteiger partial charge in [0.25, 0.3) is 0 Å². The van der Waals surface area contributed by atoms with E-state index in [-0.39, 0.29) is 0 Å². The van der Waals surface area contributed by atoms with Gasteiger partial charge in [0, 0.05) is 0 Å². The number of hydrogen-bond donors (Lipinski definition) is 0. The molecule has 4 aromatic rings. The van der Waals surface area contributed by atoms with Crippen molar-refractivity contribution in [3.8, 4) is 0 Å². The number of benzene rings is 3. The second kappa shape index (κ2) is 15.5. The Morgan fingerprint density at radius 2 is 1.07 bits per heavy atom. The van der Waals surface area contributed by atoms with Crippen LogP contribution in [0.25, 0.3) is 22.2 Å². The van der Waals surface area contributed by atoms with Crippen LogP contribution in [0.15, 0.2) is 103 Å². The average Bonchev–Trinajstić information content (AvgIpc) is 3.25. The first-order valence-corrected chi connectivity index (χ1v) is 15.0. The van der Waals surface area contributed by atoms with Crippen molar-refractivity contribution in [2.75, 3.05) is 0 Å². The Morgan fingerprint density at radius 1 is 0.667 bits per heavy atom. The van der Waals surface area contributed by atoms with Gasteiger partial charge in [-0.1, -0.05) is 66.7 Å². The van der Waals surface area contributed by atoms with Gasteiger partial charge in [-0.2, -0.15) is 17.5 Å². The third-order valence-corrected chi connectivity index (χ3v) is 3.62. The van der Waals surface area contributed by atoms with Gasteiger partial charge >= 0.3 is 37.9 Å². The maximum atomic E-state index is 10.3. The Kier molecular flexibility index (Phi) is 13.3. The van der Waals surface area contributed by atoms with E-state index in [4.69, 9.17) is 28.5 Å². The van der Waals surface area contributed by atoms with Crippen molar-refractivity contribution < 1.29 is 30.4 Å². The molecule has 7 heteroatoms. The molecule has 0 bridgehead atoms. The summed E-state index contributed by atoms with van der Waals surface area (Å²) in [6, 6.07) is 31.7. The fourth-order valence-electron chi connectivity index (χ4n) is 2.25. The minimum Gasteiger partial charge on any atom is -0.664 e. The van der Waals surface area contributed by atoms with Crippen LogP contribution in [0.4, 0.5) is 0 Å². The quantitative estimate of drug-likeness (QED) is 0.255. The van der Waals surface area contributed by atoms with E-state index in [1.54, 1.807) is 48.5 Å². The second-order valence-corrected chi connectivity index (χ2v) is 9.35. The Balaban J connectivity index is 0.000000211. The summed E-state index contributed by atoms with van der Waals surface area (Å²) in [6.45, 7) is 0. The number of carbonyl (C=O) groups excluding carboxylic acids is 2. The fraction of sp³-hybridized carbons (Fsp3) is 0. The van der Waals surface area contributed by atoms with E-state index in [9.17, 15) is 9.59 Å². The first kappa shape index (κ1) is 25.7. The molecule has 0 aromatic heterocycles. The maximum Gasteiger partial charge on any atom is 0.0796 e. The molecule has 2 N–H and O–H groups in total. The zero-order valence-electron chi connectivity index (χ0n) is 15.9. The van der Waals surface area contributed by atoms with Crippen molar-refractivity contribution >= 4 is 39.6 Å². The summed E-state index contributed by atoms with van der Waals surface area (Å²) in [5.41, 5.74) is 14.2. The minimum absolute atomic E-state index is 0.442. The van der Waals surface area contributed by atoms with Crippen molar-refractivity contribution in [1.29, 1.82) is 0 Å². The SMILES string of the molecule is [Cl][Zr][Cl].[NH-]C(=O)c1ccccc1.[NH-]C(=O)c1ccccc1.c1ccc2[cH-]ccc2c1. The molecular weight excluding hydrogens is 498 g/mol. The van der Waals surface area contributed by atoms with Crippen molar-refractivity contribution in [2.45, 2.75) is 0 Å². The zero-order chi connectivity index (χ0) is 22.2. The summed E-state index contributed by atoms with van der Waals surface area (Å²) in [7, 11) is 9.87. The standard InChI is InChI=1S/C9H7.2C7H7NO.2ClH.Zr/c1-2-5-9-7-3-6-8(9)4-1;2*8-7(9)6-4-2-1-3-5-6;;;/h1-7H;2*1-5H,(H2,8,9);2*1H;/q-1;;;;;+2/p-4. The molecule has 0 radical (unpaired) electrons. The van der Waals surface area contributed by atoms with Crippen LogP contribution >= 0.6 is 17.0 Å². The first-order chi connectivity index (χ1) is 14.5. The monoisotopic (exact) mass is 515 g/mol. The third kappa shape index (κ3) is 10.4. The Morgan fingerprint density at radius 3 is 1.43 bits per heavy atom. The molecule has 0 atom stereocenters. The smallest absolute Gasteiger partial charge is 0.0796 e. The average molecular weight is 518 g/mol. The van der Waals surface area contributed by atoms with Crippen molar-refractivity contribution in [1.82, 2.24) is 0 Å². The molecule has 2 amide bonds.